The molecule has 4 aromatic rings. The second-order valence-electron chi connectivity index (χ2n) is 6.69. The molecule has 10 heteroatoms. The second kappa shape index (κ2) is 9.80. The van der Waals surface area contributed by atoms with Crippen LogP contribution >= 0.6 is 23.1 Å². The number of thiazole rings is 1. The normalized spacial score (nSPS) is 10.6. The molecule has 0 saturated carbocycles. The second-order valence-corrected chi connectivity index (χ2v) is 8.32. The number of non-ortho nitro benzene ring substituents is 1. The van der Waals surface area contributed by atoms with Crippen LogP contribution in [0.3, 0.4) is 0 Å². The fourth-order valence-electron chi connectivity index (χ4n) is 3.20. The Bertz CT molecular complexity index is 1310. The molecule has 2 aromatic carbocycles. The first-order valence-electron chi connectivity index (χ1n) is 9.70. The molecule has 4 rings (SSSR count). The first-order chi connectivity index (χ1) is 16.0. The average Bonchev–Trinajstić information content (AvgIpc) is 3.34. The summed E-state index contributed by atoms with van der Waals surface area (Å²) in [6, 6.07) is 16.8. The van der Waals surface area contributed by atoms with Crippen molar-refractivity contribution in [1.82, 2.24) is 9.97 Å². The first-order valence-corrected chi connectivity index (χ1v) is 11.8. The lowest BCUT2D eigenvalue weighted by Crippen LogP contribution is -2.27. The van der Waals surface area contributed by atoms with E-state index < -0.39 is 4.92 Å². The van der Waals surface area contributed by atoms with Crippen LogP contribution in [0.4, 0.5) is 16.5 Å². The number of hydrogen-bond donors (Lipinski definition) is 0. The van der Waals surface area contributed by atoms with E-state index in [1.165, 1.54) is 40.1 Å². The molecule has 0 aliphatic carbocycles. The summed E-state index contributed by atoms with van der Waals surface area (Å²) in [5.74, 6) is 0.231. The molecule has 0 unspecified atom stereocenters. The predicted molar refractivity (Wildman–Crippen MR) is 130 cm³/mol. The minimum Gasteiger partial charge on any atom is -0.495 e. The maximum Gasteiger partial charge on any atom is 0.269 e. The van der Waals surface area contributed by atoms with Gasteiger partial charge in [-0.3, -0.25) is 14.9 Å². The Balaban J connectivity index is 1.81. The summed E-state index contributed by atoms with van der Waals surface area (Å²) in [4.78, 5) is 34.8. The van der Waals surface area contributed by atoms with Gasteiger partial charge in [0.25, 0.3) is 11.6 Å². The highest BCUT2D eigenvalue weighted by Crippen LogP contribution is 2.39. The minimum atomic E-state index is -0.449. The number of nitrogens with zero attached hydrogens (tertiary/aromatic N) is 4. The molecule has 0 atom stereocenters. The number of carbonyl (C=O) groups excluding carboxylic acids is 1. The lowest BCUT2D eigenvalue weighted by molar-refractivity contribution is -0.384. The van der Waals surface area contributed by atoms with Crippen molar-refractivity contribution in [2.75, 3.05) is 18.3 Å². The molecular formula is C23H18N4O4S2. The number of nitro benzene ring substituents is 1. The van der Waals surface area contributed by atoms with E-state index in [0.29, 0.717) is 38.4 Å². The molecule has 0 spiro atoms. The zero-order chi connectivity index (χ0) is 23.4. The summed E-state index contributed by atoms with van der Waals surface area (Å²) >= 11 is 2.68. The maximum atomic E-state index is 13.8. The molecule has 166 valence electrons. The van der Waals surface area contributed by atoms with Crippen molar-refractivity contribution in [3.8, 4) is 17.0 Å². The number of pyridine rings is 1. The van der Waals surface area contributed by atoms with Crippen molar-refractivity contribution in [2.45, 2.75) is 5.03 Å². The molecule has 8 nitrogen and oxygen atoms in total. The van der Waals surface area contributed by atoms with E-state index in [-0.39, 0.29) is 11.6 Å². The maximum absolute atomic E-state index is 13.8. The molecular weight excluding hydrogens is 460 g/mol. The van der Waals surface area contributed by atoms with E-state index in [4.69, 9.17) is 4.74 Å². The monoisotopic (exact) mass is 478 g/mol. The lowest BCUT2D eigenvalue weighted by Gasteiger charge is -2.22. The highest BCUT2D eigenvalue weighted by atomic mass is 32.2. The number of aromatic nitrogens is 2. The number of benzene rings is 2. The van der Waals surface area contributed by atoms with E-state index in [0.717, 1.165) is 0 Å². The average molecular weight is 479 g/mol. The lowest BCUT2D eigenvalue weighted by atomic mass is 10.1. The van der Waals surface area contributed by atoms with Crippen LogP contribution < -0.4 is 9.64 Å². The van der Waals surface area contributed by atoms with Gasteiger partial charge >= 0.3 is 0 Å². The Hall–Kier alpha value is -3.76. The van der Waals surface area contributed by atoms with E-state index in [1.807, 2.05) is 23.8 Å². The third-order valence-corrected chi connectivity index (χ3v) is 6.32. The number of hydrogen-bond acceptors (Lipinski definition) is 8. The van der Waals surface area contributed by atoms with Gasteiger partial charge in [-0.1, -0.05) is 12.1 Å². The molecule has 0 fully saturated rings. The Morgan fingerprint density at radius 3 is 2.58 bits per heavy atom. The molecule has 2 aromatic heterocycles. The van der Waals surface area contributed by atoms with Crippen molar-refractivity contribution >= 4 is 45.5 Å². The summed E-state index contributed by atoms with van der Waals surface area (Å²) in [6.07, 6.45) is 3.51. The molecule has 2 heterocycles. The highest BCUT2D eigenvalue weighted by molar-refractivity contribution is 7.98. The van der Waals surface area contributed by atoms with Gasteiger partial charge < -0.3 is 4.74 Å². The number of nitro groups is 1. The summed E-state index contributed by atoms with van der Waals surface area (Å²) in [5, 5.41) is 13.8. The molecule has 0 saturated heterocycles. The SMILES string of the molecule is COc1ccccc1N(C(=O)c1cccnc1SC)c1nc(-c2ccc([N+](=O)[O-])cc2)cs1. The van der Waals surface area contributed by atoms with Gasteiger partial charge in [-0.2, -0.15) is 0 Å². The molecule has 0 bridgehead atoms. The molecule has 33 heavy (non-hydrogen) atoms. The molecule has 0 radical (unpaired) electrons. The van der Waals surface area contributed by atoms with Gasteiger partial charge in [-0.25, -0.2) is 14.9 Å². The first kappa shape index (κ1) is 22.4. The quantitative estimate of drug-likeness (QED) is 0.187. The summed E-state index contributed by atoms with van der Waals surface area (Å²) < 4.78 is 5.52. The van der Waals surface area contributed by atoms with Crippen molar-refractivity contribution in [1.29, 1.82) is 0 Å². The van der Waals surface area contributed by atoms with Gasteiger partial charge in [0, 0.05) is 29.3 Å². The third kappa shape index (κ3) is 4.57. The Labute approximate surface area is 198 Å². The van der Waals surface area contributed by atoms with E-state index in [9.17, 15) is 14.9 Å². The van der Waals surface area contributed by atoms with Crippen molar-refractivity contribution in [3.05, 3.63) is 87.9 Å². The van der Waals surface area contributed by atoms with E-state index >= 15 is 0 Å². The van der Waals surface area contributed by atoms with E-state index in [2.05, 4.69) is 9.97 Å². The number of amides is 1. The zero-order valence-electron chi connectivity index (χ0n) is 17.7. The van der Waals surface area contributed by atoms with Gasteiger partial charge in [-0.15, -0.1) is 23.1 Å². The predicted octanol–water partition coefficient (Wildman–Crippen LogP) is 5.82. The fraction of sp³-hybridized carbons (Fsp3) is 0.0870. The largest absolute Gasteiger partial charge is 0.495 e. The number of thioether (sulfide) groups is 1. The Morgan fingerprint density at radius 2 is 1.88 bits per heavy atom. The van der Waals surface area contributed by atoms with Gasteiger partial charge in [-0.05, 0) is 42.7 Å². The third-order valence-electron chi connectivity index (χ3n) is 4.78. The summed E-state index contributed by atoms with van der Waals surface area (Å²) in [5.41, 5.74) is 2.31. The van der Waals surface area contributed by atoms with Gasteiger partial charge in [0.15, 0.2) is 5.13 Å². The summed E-state index contributed by atoms with van der Waals surface area (Å²) in [6.45, 7) is 0. The van der Waals surface area contributed by atoms with E-state index in [1.54, 1.807) is 49.7 Å². The fourth-order valence-corrected chi connectivity index (χ4v) is 4.59. The van der Waals surface area contributed by atoms with Crippen LogP contribution in [-0.2, 0) is 0 Å². The van der Waals surface area contributed by atoms with Gasteiger partial charge in [0.05, 0.1) is 29.0 Å². The van der Waals surface area contributed by atoms with Crippen LogP contribution in [0.5, 0.6) is 5.75 Å². The molecule has 0 aliphatic heterocycles. The number of para-hydroxylation sites is 2. The highest BCUT2D eigenvalue weighted by Gasteiger charge is 2.27. The summed E-state index contributed by atoms with van der Waals surface area (Å²) in [7, 11) is 1.54. The number of ether oxygens (including phenoxy) is 1. The number of anilines is 2. The van der Waals surface area contributed by atoms with Crippen molar-refractivity contribution in [3.63, 3.8) is 0 Å². The zero-order valence-corrected chi connectivity index (χ0v) is 19.3. The number of methoxy groups -OCH3 is 1. The van der Waals surface area contributed by atoms with Crippen LogP contribution in [-0.4, -0.2) is 34.2 Å². The van der Waals surface area contributed by atoms with Crippen LogP contribution in [0.25, 0.3) is 11.3 Å². The molecule has 0 N–H and O–H groups in total. The molecule has 0 aliphatic rings. The minimum absolute atomic E-state index is 0.00111. The topological polar surface area (TPSA) is 98.5 Å². The van der Waals surface area contributed by atoms with Crippen LogP contribution in [0.15, 0.2) is 77.3 Å². The smallest absolute Gasteiger partial charge is 0.269 e. The standard InChI is InChI=1S/C23H18N4O4S2/c1-31-20-8-4-3-7-19(20)26(22(28)17-6-5-13-24-21(17)32-2)23-25-18(14-33-23)15-9-11-16(12-10-15)27(29)30/h3-14H,1-2H3. The molecule has 1 amide bonds. The number of rotatable bonds is 7. The van der Waals surface area contributed by atoms with Crippen molar-refractivity contribution in [2.24, 2.45) is 0 Å². The van der Waals surface area contributed by atoms with Crippen LogP contribution in [0.2, 0.25) is 0 Å². The van der Waals surface area contributed by atoms with Crippen LogP contribution in [0, 0.1) is 10.1 Å². The Kier molecular flexibility index (Phi) is 6.66. The van der Waals surface area contributed by atoms with Gasteiger partial charge in [0.1, 0.15) is 10.8 Å². The van der Waals surface area contributed by atoms with Crippen molar-refractivity contribution < 1.29 is 14.5 Å². The number of carbonyl (C=O) groups is 1. The van der Waals surface area contributed by atoms with Gasteiger partial charge in [0.2, 0.25) is 0 Å². The Morgan fingerprint density at radius 1 is 1.12 bits per heavy atom. The van der Waals surface area contributed by atoms with Crippen LogP contribution in [0.1, 0.15) is 10.4 Å².